The number of hydrogen-bond donors (Lipinski definition) is 2. The third kappa shape index (κ3) is 4.87. The number of ether oxygens (including phenoxy) is 3. The molecule has 0 bridgehead atoms. The summed E-state index contributed by atoms with van der Waals surface area (Å²) in [4.78, 5) is 24.3. The van der Waals surface area contributed by atoms with Crippen molar-refractivity contribution in [2.75, 3.05) is 14.2 Å². The monoisotopic (exact) mass is 344 g/mol. The van der Waals surface area contributed by atoms with Crippen LogP contribution in [0.1, 0.15) is 17.3 Å². The highest BCUT2D eigenvalue weighted by atomic mass is 16.5. The minimum absolute atomic E-state index is 0.264. The number of hydrazine groups is 1. The van der Waals surface area contributed by atoms with E-state index in [1.165, 1.54) is 14.2 Å². The highest BCUT2D eigenvalue weighted by Gasteiger charge is 2.18. The van der Waals surface area contributed by atoms with Gasteiger partial charge in [-0.3, -0.25) is 20.4 Å². The van der Waals surface area contributed by atoms with Crippen molar-refractivity contribution < 1.29 is 23.8 Å². The minimum Gasteiger partial charge on any atom is -0.497 e. The van der Waals surface area contributed by atoms with Gasteiger partial charge in [-0.25, -0.2) is 0 Å². The van der Waals surface area contributed by atoms with Gasteiger partial charge in [0.2, 0.25) is 0 Å². The fourth-order valence-electron chi connectivity index (χ4n) is 2.03. The predicted octanol–water partition coefficient (Wildman–Crippen LogP) is 1.93. The number of amides is 2. The Morgan fingerprint density at radius 2 is 1.64 bits per heavy atom. The van der Waals surface area contributed by atoms with Crippen LogP contribution in [0.3, 0.4) is 0 Å². The Kier molecular flexibility index (Phi) is 6.22. The second-order valence-electron chi connectivity index (χ2n) is 5.08. The van der Waals surface area contributed by atoms with Gasteiger partial charge in [0.05, 0.1) is 19.8 Å². The predicted molar refractivity (Wildman–Crippen MR) is 91.7 cm³/mol. The van der Waals surface area contributed by atoms with Crippen molar-refractivity contribution in [3.05, 3.63) is 54.1 Å². The number of carbonyl (C=O) groups excluding carboxylic acids is 2. The van der Waals surface area contributed by atoms with E-state index in [0.717, 1.165) is 0 Å². The second kappa shape index (κ2) is 8.58. The number of carbonyl (C=O) groups is 2. The first-order chi connectivity index (χ1) is 12.0. The summed E-state index contributed by atoms with van der Waals surface area (Å²) in [5.41, 5.74) is 4.93. The molecule has 0 saturated carbocycles. The summed E-state index contributed by atoms with van der Waals surface area (Å²) in [6.07, 6.45) is -0.777. The van der Waals surface area contributed by atoms with Crippen molar-refractivity contribution in [2.24, 2.45) is 0 Å². The van der Waals surface area contributed by atoms with Gasteiger partial charge in [0.15, 0.2) is 6.10 Å². The molecule has 2 rings (SSSR count). The molecule has 0 spiro atoms. The molecule has 1 atom stereocenters. The molecule has 25 heavy (non-hydrogen) atoms. The number of methoxy groups -OCH3 is 2. The molecule has 7 nitrogen and oxygen atoms in total. The first-order valence-electron chi connectivity index (χ1n) is 7.59. The van der Waals surface area contributed by atoms with Crippen LogP contribution in [0.2, 0.25) is 0 Å². The van der Waals surface area contributed by atoms with E-state index in [9.17, 15) is 9.59 Å². The Morgan fingerprint density at radius 1 is 0.920 bits per heavy atom. The number of para-hydroxylation sites is 1. The fourth-order valence-corrected chi connectivity index (χ4v) is 2.03. The van der Waals surface area contributed by atoms with Gasteiger partial charge in [-0.15, -0.1) is 0 Å². The number of nitrogens with one attached hydrogen (secondary N) is 2. The van der Waals surface area contributed by atoms with Gasteiger partial charge >= 0.3 is 0 Å². The lowest BCUT2D eigenvalue weighted by Gasteiger charge is -2.16. The smallest absolute Gasteiger partial charge is 0.279 e. The normalized spacial score (nSPS) is 11.2. The van der Waals surface area contributed by atoms with Crippen molar-refractivity contribution in [1.29, 1.82) is 0 Å². The first-order valence-corrected chi connectivity index (χ1v) is 7.59. The van der Waals surface area contributed by atoms with Crippen molar-refractivity contribution in [2.45, 2.75) is 13.0 Å². The Hall–Kier alpha value is -3.22. The van der Waals surface area contributed by atoms with Gasteiger partial charge < -0.3 is 14.2 Å². The third-order valence-corrected chi connectivity index (χ3v) is 3.38. The molecule has 0 unspecified atom stereocenters. The standard InChI is InChI=1S/C18H20N2O5/c1-12(25-13-7-5-4-6-8-13)17(21)19-20-18(22)15-10-9-14(23-2)11-16(15)24-3/h4-12H,1-3H3,(H,19,21)(H,20,22)/t12-/m0/s1. The summed E-state index contributed by atoms with van der Waals surface area (Å²) < 4.78 is 15.7. The van der Waals surface area contributed by atoms with Crippen LogP contribution in [0.15, 0.2) is 48.5 Å². The van der Waals surface area contributed by atoms with Crippen LogP contribution in [0.4, 0.5) is 0 Å². The molecule has 0 aliphatic rings. The van der Waals surface area contributed by atoms with E-state index in [1.807, 2.05) is 6.07 Å². The van der Waals surface area contributed by atoms with Gasteiger partial charge in [-0.05, 0) is 31.2 Å². The quantitative estimate of drug-likeness (QED) is 0.782. The van der Waals surface area contributed by atoms with E-state index in [1.54, 1.807) is 49.4 Å². The van der Waals surface area contributed by atoms with Gasteiger partial charge in [0, 0.05) is 6.07 Å². The summed E-state index contributed by atoms with van der Waals surface area (Å²) in [5.74, 6) is 0.458. The van der Waals surface area contributed by atoms with Crippen LogP contribution in [0.25, 0.3) is 0 Å². The van der Waals surface area contributed by atoms with Crippen LogP contribution in [0.5, 0.6) is 17.2 Å². The molecule has 2 aromatic rings. The van der Waals surface area contributed by atoms with Crippen molar-refractivity contribution in [3.8, 4) is 17.2 Å². The highest BCUT2D eigenvalue weighted by molar-refractivity contribution is 5.98. The Bertz CT molecular complexity index is 734. The molecule has 2 aromatic carbocycles. The van der Waals surface area contributed by atoms with Crippen molar-refractivity contribution in [1.82, 2.24) is 10.9 Å². The Balaban J connectivity index is 1.94. The lowest BCUT2D eigenvalue weighted by molar-refractivity contribution is -0.128. The molecule has 2 amide bonds. The lowest BCUT2D eigenvalue weighted by Crippen LogP contribution is -2.47. The van der Waals surface area contributed by atoms with E-state index in [-0.39, 0.29) is 5.56 Å². The van der Waals surface area contributed by atoms with Crippen LogP contribution in [0, 0.1) is 0 Å². The summed E-state index contributed by atoms with van der Waals surface area (Å²) in [6, 6.07) is 13.7. The molecule has 2 N–H and O–H groups in total. The zero-order valence-corrected chi connectivity index (χ0v) is 14.2. The van der Waals surface area contributed by atoms with Crippen LogP contribution in [-0.2, 0) is 4.79 Å². The van der Waals surface area contributed by atoms with Crippen LogP contribution < -0.4 is 25.1 Å². The zero-order chi connectivity index (χ0) is 18.2. The molecule has 0 aliphatic heterocycles. The lowest BCUT2D eigenvalue weighted by atomic mass is 10.2. The Morgan fingerprint density at radius 3 is 2.28 bits per heavy atom. The maximum atomic E-state index is 12.2. The molecule has 0 aliphatic carbocycles. The molecule has 132 valence electrons. The molecule has 0 saturated heterocycles. The molecule has 0 fully saturated rings. The highest BCUT2D eigenvalue weighted by Crippen LogP contribution is 2.24. The summed E-state index contributed by atoms with van der Waals surface area (Å²) in [5, 5.41) is 0. The Labute approximate surface area is 145 Å². The number of benzene rings is 2. The maximum Gasteiger partial charge on any atom is 0.279 e. The van der Waals surface area contributed by atoms with E-state index in [4.69, 9.17) is 14.2 Å². The van der Waals surface area contributed by atoms with E-state index in [2.05, 4.69) is 10.9 Å². The molecular formula is C18H20N2O5. The molecule has 7 heteroatoms. The topological polar surface area (TPSA) is 85.9 Å². The van der Waals surface area contributed by atoms with Gasteiger partial charge in [0.25, 0.3) is 11.8 Å². The average Bonchev–Trinajstić information content (AvgIpc) is 2.65. The summed E-state index contributed by atoms with van der Waals surface area (Å²) in [7, 11) is 2.96. The van der Waals surface area contributed by atoms with Crippen LogP contribution >= 0.6 is 0 Å². The maximum absolute atomic E-state index is 12.2. The fraction of sp³-hybridized carbons (Fsp3) is 0.222. The molecular weight excluding hydrogens is 324 g/mol. The molecule has 0 heterocycles. The van der Waals surface area contributed by atoms with Gasteiger partial charge in [-0.1, -0.05) is 18.2 Å². The van der Waals surface area contributed by atoms with Crippen molar-refractivity contribution in [3.63, 3.8) is 0 Å². The van der Waals surface area contributed by atoms with E-state index in [0.29, 0.717) is 17.2 Å². The van der Waals surface area contributed by atoms with Gasteiger partial charge in [-0.2, -0.15) is 0 Å². The van der Waals surface area contributed by atoms with Crippen LogP contribution in [-0.4, -0.2) is 32.1 Å². The largest absolute Gasteiger partial charge is 0.497 e. The number of rotatable bonds is 6. The minimum atomic E-state index is -0.777. The molecule has 0 aromatic heterocycles. The number of hydrogen-bond acceptors (Lipinski definition) is 5. The molecule has 0 radical (unpaired) electrons. The average molecular weight is 344 g/mol. The van der Waals surface area contributed by atoms with Crippen molar-refractivity contribution >= 4 is 11.8 Å². The summed E-state index contributed by atoms with van der Waals surface area (Å²) >= 11 is 0. The zero-order valence-electron chi connectivity index (χ0n) is 14.2. The van der Waals surface area contributed by atoms with Gasteiger partial charge in [0.1, 0.15) is 17.2 Å². The SMILES string of the molecule is COc1ccc(C(=O)NNC(=O)[C@H](C)Oc2ccccc2)c(OC)c1. The summed E-state index contributed by atoms with van der Waals surface area (Å²) in [6.45, 7) is 1.59. The van der Waals surface area contributed by atoms with E-state index >= 15 is 0 Å². The third-order valence-electron chi connectivity index (χ3n) is 3.38. The first kappa shape index (κ1) is 18.1. The van der Waals surface area contributed by atoms with E-state index < -0.39 is 17.9 Å². The second-order valence-corrected chi connectivity index (χ2v) is 5.08.